The molecule has 2 heteroatoms. The highest BCUT2D eigenvalue weighted by molar-refractivity contribution is 5.75. The smallest absolute Gasteiger partial charge is 0.311 e. The molecule has 0 unspecified atom stereocenters. The van der Waals surface area contributed by atoms with Crippen molar-refractivity contribution in [3.8, 4) is 0 Å². The number of esters is 1. The van der Waals surface area contributed by atoms with Crippen LogP contribution in [0.15, 0.2) is 0 Å². The van der Waals surface area contributed by atoms with Crippen LogP contribution in [-0.4, -0.2) is 11.6 Å². The van der Waals surface area contributed by atoms with Gasteiger partial charge in [0.1, 0.15) is 5.60 Å². The van der Waals surface area contributed by atoms with Gasteiger partial charge in [-0.15, -0.1) is 0 Å². The van der Waals surface area contributed by atoms with Crippen LogP contribution in [0.25, 0.3) is 0 Å². The molecule has 0 aromatic rings. The van der Waals surface area contributed by atoms with Crippen LogP contribution in [0.5, 0.6) is 0 Å². The highest BCUT2D eigenvalue weighted by Gasteiger charge is 2.53. The lowest BCUT2D eigenvalue weighted by atomic mass is 9.81. The van der Waals surface area contributed by atoms with Crippen molar-refractivity contribution in [3.63, 3.8) is 0 Å². The second kappa shape index (κ2) is 3.75. The Bertz CT molecular complexity index is 290. The first-order valence-corrected chi connectivity index (χ1v) is 6.61. The second-order valence-corrected chi connectivity index (χ2v) is 6.64. The number of hydrogen-bond acceptors (Lipinski definition) is 2. The summed E-state index contributed by atoms with van der Waals surface area (Å²) in [6, 6.07) is 0. The monoisotopic (exact) mass is 224 g/mol. The molecule has 2 aliphatic carbocycles. The van der Waals surface area contributed by atoms with E-state index in [1.807, 2.05) is 20.8 Å². The van der Waals surface area contributed by atoms with Gasteiger partial charge in [-0.25, -0.2) is 0 Å². The van der Waals surface area contributed by atoms with Gasteiger partial charge in [-0.2, -0.15) is 0 Å². The van der Waals surface area contributed by atoms with E-state index in [2.05, 4.69) is 6.92 Å². The van der Waals surface area contributed by atoms with Crippen molar-refractivity contribution in [2.24, 2.45) is 17.3 Å². The van der Waals surface area contributed by atoms with Gasteiger partial charge in [0, 0.05) is 0 Å². The van der Waals surface area contributed by atoms with E-state index in [-0.39, 0.29) is 17.0 Å². The van der Waals surface area contributed by atoms with Crippen molar-refractivity contribution in [3.05, 3.63) is 0 Å². The molecule has 0 heterocycles. The minimum Gasteiger partial charge on any atom is -0.458 e. The Hall–Kier alpha value is -0.530. The molecule has 0 N–H and O–H groups in total. The minimum absolute atomic E-state index is 0.0260. The number of ether oxygens (including phenoxy) is 1. The van der Waals surface area contributed by atoms with E-state index in [0.29, 0.717) is 5.92 Å². The molecule has 0 aliphatic heterocycles. The lowest BCUT2D eigenvalue weighted by Crippen LogP contribution is -2.42. The highest BCUT2D eigenvalue weighted by atomic mass is 16.6. The highest BCUT2D eigenvalue weighted by Crippen LogP contribution is 2.54. The Balaban J connectivity index is 2.09. The van der Waals surface area contributed by atoms with Crippen molar-refractivity contribution in [2.45, 2.75) is 65.4 Å². The summed E-state index contributed by atoms with van der Waals surface area (Å²) < 4.78 is 5.91. The summed E-state index contributed by atoms with van der Waals surface area (Å²) in [5, 5.41) is 0. The maximum absolute atomic E-state index is 12.0. The minimum atomic E-state index is -0.371. The standard InChI is InChI=1S/C14H24O2/c1-5-14(16-12(15)13(2,3)4)9-10-6-7-11(14)8-10/h10-11H,5-9H2,1-4H3/t10-,11+,14+/m0/s1. The van der Waals surface area contributed by atoms with Crippen LogP contribution >= 0.6 is 0 Å². The van der Waals surface area contributed by atoms with Crippen LogP contribution in [0.3, 0.4) is 0 Å². The maximum Gasteiger partial charge on any atom is 0.311 e. The average molecular weight is 224 g/mol. The van der Waals surface area contributed by atoms with Gasteiger partial charge in [0.25, 0.3) is 0 Å². The summed E-state index contributed by atoms with van der Waals surface area (Å²) in [6.45, 7) is 7.97. The van der Waals surface area contributed by atoms with Crippen LogP contribution in [0.1, 0.15) is 59.8 Å². The molecule has 2 nitrogen and oxygen atoms in total. The summed E-state index contributed by atoms with van der Waals surface area (Å²) in [4.78, 5) is 12.0. The fourth-order valence-corrected chi connectivity index (χ4v) is 3.36. The molecule has 2 rings (SSSR count). The third kappa shape index (κ3) is 1.87. The molecule has 0 aromatic heterocycles. The Kier molecular flexibility index (Phi) is 2.80. The molecule has 0 saturated heterocycles. The summed E-state index contributed by atoms with van der Waals surface area (Å²) in [7, 11) is 0. The summed E-state index contributed by atoms with van der Waals surface area (Å²) >= 11 is 0. The Labute approximate surface area is 98.7 Å². The molecule has 3 atom stereocenters. The van der Waals surface area contributed by atoms with E-state index >= 15 is 0 Å². The van der Waals surface area contributed by atoms with Crippen molar-refractivity contribution < 1.29 is 9.53 Å². The van der Waals surface area contributed by atoms with Gasteiger partial charge < -0.3 is 4.74 Å². The predicted octanol–water partition coefficient (Wildman–Crippen LogP) is 3.54. The zero-order chi connectivity index (χ0) is 12.0. The number of fused-ring (bicyclic) bond motifs is 2. The zero-order valence-electron chi connectivity index (χ0n) is 11.0. The van der Waals surface area contributed by atoms with E-state index in [9.17, 15) is 4.79 Å². The SMILES string of the molecule is CC[C@@]1(OC(=O)C(C)(C)C)C[C@H]2CC[C@@H]1C2. The number of carbonyl (C=O) groups excluding carboxylic acids is 1. The van der Waals surface area contributed by atoms with E-state index in [1.165, 1.54) is 19.3 Å². The first kappa shape index (κ1) is 11.9. The number of carbonyl (C=O) groups is 1. The van der Waals surface area contributed by atoms with Gasteiger partial charge >= 0.3 is 5.97 Å². The molecular weight excluding hydrogens is 200 g/mol. The van der Waals surface area contributed by atoms with Crippen LogP contribution in [-0.2, 0) is 9.53 Å². The summed E-state index contributed by atoms with van der Waals surface area (Å²) in [5.74, 6) is 1.42. The Morgan fingerprint density at radius 1 is 1.38 bits per heavy atom. The molecular formula is C14H24O2. The lowest BCUT2D eigenvalue weighted by Gasteiger charge is -2.38. The van der Waals surface area contributed by atoms with E-state index in [1.54, 1.807) is 0 Å². The lowest BCUT2D eigenvalue weighted by molar-refractivity contribution is -0.176. The molecule has 2 saturated carbocycles. The predicted molar refractivity (Wildman–Crippen MR) is 64.0 cm³/mol. The molecule has 2 fully saturated rings. The molecule has 0 spiro atoms. The molecule has 0 radical (unpaired) electrons. The van der Waals surface area contributed by atoms with Gasteiger partial charge in [-0.1, -0.05) is 6.92 Å². The zero-order valence-corrected chi connectivity index (χ0v) is 11.0. The fraction of sp³-hybridized carbons (Fsp3) is 0.929. The molecule has 2 bridgehead atoms. The molecule has 16 heavy (non-hydrogen) atoms. The van der Waals surface area contributed by atoms with Gasteiger partial charge in [0.05, 0.1) is 5.41 Å². The third-order valence-electron chi connectivity index (χ3n) is 4.43. The van der Waals surface area contributed by atoms with E-state index in [0.717, 1.165) is 18.8 Å². The topological polar surface area (TPSA) is 26.3 Å². The van der Waals surface area contributed by atoms with Crippen LogP contribution in [0.4, 0.5) is 0 Å². The first-order chi connectivity index (χ1) is 7.37. The van der Waals surface area contributed by atoms with E-state index in [4.69, 9.17) is 4.74 Å². The van der Waals surface area contributed by atoms with E-state index < -0.39 is 0 Å². The third-order valence-corrected chi connectivity index (χ3v) is 4.43. The van der Waals surface area contributed by atoms with Crippen LogP contribution in [0, 0.1) is 17.3 Å². The largest absolute Gasteiger partial charge is 0.458 e. The van der Waals surface area contributed by atoms with Crippen LogP contribution < -0.4 is 0 Å². The molecule has 2 aliphatic rings. The maximum atomic E-state index is 12.0. The summed E-state index contributed by atoms with van der Waals surface area (Å²) in [5.41, 5.74) is -0.489. The molecule has 92 valence electrons. The summed E-state index contributed by atoms with van der Waals surface area (Å²) in [6.07, 6.45) is 5.98. The average Bonchev–Trinajstić information content (AvgIpc) is 2.76. The van der Waals surface area contributed by atoms with Gasteiger partial charge in [-0.05, 0) is 64.7 Å². The first-order valence-electron chi connectivity index (χ1n) is 6.61. The van der Waals surface area contributed by atoms with Gasteiger partial charge in [-0.3, -0.25) is 4.79 Å². The molecule has 0 aromatic carbocycles. The van der Waals surface area contributed by atoms with Crippen molar-refractivity contribution in [1.29, 1.82) is 0 Å². The Morgan fingerprint density at radius 2 is 2.06 bits per heavy atom. The fourth-order valence-electron chi connectivity index (χ4n) is 3.36. The second-order valence-electron chi connectivity index (χ2n) is 6.64. The van der Waals surface area contributed by atoms with Crippen molar-refractivity contribution in [1.82, 2.24) is 0 Å². The van der Waals surface area contributed by atoms with Gasteiger partial charge in [0.2, 0.25) is 0 Å². The number of rotatable bonds is 2. The van der Waals surface area contributed by atoms with Crippen LogP contribution in [0.2, 0.25) is 0 Å². The van der Waals surface area contributed by atoms with Gasteiger partial charge in [0.15, 0.2) is 0 Å². The normalized spacial score (nSPS) is 37.8. The Morgan fingerprint density at radius 3 is 2.44 bits per heavy atom. The van der Waals surface area contributed by atoms with Crippen molar-refractivity contribution >= 4 is 5.97 Å². The quantitative estimate of drug-likeness (QED) is 0.671. The van der Waals surface area contributed by atoms with Crippen molar-refractivity contribution in [2.75, 3.05) is 0 Å². The number of hydrogen-bond donors (Lipinski definition) is 0. The molecule has 0 amide bonds.